The number of benzene rings is 2. The van der Waals surface area contributed by atoms with Crippen molar-refractivity contribution in [2.45, 2.75) is 18.5 Å². The second kappa shape index (κ2) is 7.32. The average Bonchev–Trinajstić information content (AvgIpc) is 2.92. The molecule has 0 bridgehead atoms. The summed E-state index contributed by atoms with van der Waals surface area (Å²) in [6, 6.07) is 14.5. The Labute approximate surface area is 164 Å². The molecule has 2 aliphatic heterocycles. The second-order valence-electron chi connectivity index (χ2n) is 6.77. The van der Waals surface area contributed by atoms with Gasteiger partial charge >= 0.3 is 0 Å². The highest BCUT2D eigenvalue weighted by Crippen LogP contribution is 2.35. The van der Waals surface area contributed by atoms with Gasteiger partial charge in [0.2, 0.25) is 0 Å². The standard InChI is InChI=1S/C20H23N3O3S/c1-14-19(25)23(17-6-8-18(24)9-7-17)20(27)22(14)16-4-2-15(3-5-16)21-10-12-26-13-11-21/h2-9,14,20,24,27H,10-13H2,1H3. The lowest BCUT2D eigenvalue weighted by Crippen LogP contribution is -2.37. The third-order valence-electron chi connectivity index (χ3n) is 5.14. The van der Waals surface area contributed by atoms with Gasteiger partial charge in [-0.25, -0.2) is 0 Å². The molecule has 0 spiro atoms. The molecular weight excluding hydrogens is 362 g/mol. The molecule has 0 radical (unpaired) electrons. The molecule has 142 valence electrons. The summed E-state index contributed by atoms with van der Waals surface area (Å²) in [5.74, 6) is 0.155. The molecule has 2 aliphatic rings. The van der Waals surface area contributed by atoms with Crippen molar-refractivity contribution in [1.82, 2.24) is 0 Å². The third-order valence-corrected chi connectivity index (χ3v) is 5.62. The van der Waals surface area contributed by atoms with Crippen LogP contribution in [0.4, 0.5) is 17.1 Å². The quantitative estimate of drug-likeness (QED) is 0.796. The average molecular weight is 385 g/mol. The van der Waals surface area contributed by atoms with Crippen molar-refractivity contribution in [1.29, 1.82) is 0 Å². The van der Waals surface area contributed by atoms with Gasteiger partial charge in [0.15, 0.2) is 5.50 Å². The van der Waals surface area contributed by atoms with Crippen molar-refractivity contribution < 1.29 is 14.6 Å². The molecule has 0 saturated carbocycles. The minimum absolute atomic E-state index is 0.0158. The van der Waals surface area contributed by atoms with Gasteiger partial charge in [0.1, 0.15) is 11.8 Å². The lowest BCUT2D eigenvalue weighted by Gasteiger charge is -2.31. The number of carbonyl (C=O) groups is 1. The van der Waals surface area contributed by atoms with Crippen LogP contribution in [0.5, 0.6) is 5.75 Å². The first-order valence-corrected chi connectivity index (χ1v) is 9.59. The topological polar surface area (TPSA) is 56.3 Å². The third kappa shape index (κ3) is 3.33. The van der Waals surface area contributed by atoms with Crippen LogP contribution in [0.2, 0.25) is 0 Å². The van der Waals surface area contributed by atoms with Crippen LogP contribution in [-0.2, 0) is 9.53 Å². The largest absolute Gasteiger partial charge is 0.508 e. The maximum atomic E-state index is 12.8. The number of amides is 1. The van der Waals surface area contributed by atoms with E-state index in [1.54, 1.807) is 29.2 Å². The predicted molar refractivity (Wildman–Crippen MR) is 110 cm³/mol. The van der Waals surface area contributed by atoms with Crippen molar-refractivity contribution in [3.05, 3.63) is 48.5 Å². The summed E-state index contributed by atoms with van der Waals surface area (Å²) in [4.78, 5) is 18.8. The molecule has 2 aromatic rings. The van der Waals surface area contributed by atoms with Gasteiger partial charge in [-0.1, -0.05) is 0 Å². The number of rotatable bonds is 3. The second-order valence-corrected chi connectivity index (χ2v) is 7.23. The molecule has 1 N–H and O–H groups in total. The summed E-state index contributed by atoms with van der Waals surface area (Å²) < 4.78 is 5.41. The van der Waals surface area contributed by atoms with E-state index in [2.05, 4.69) is 17.0 Å². The van der Waals surface area contributed by atoms with Crippen molar-refractivity contribution in [3.8, 4) is 5.75 Å². The van der Waals surface area contributed by atoms with Gasteiger partial charge in [-0.15, -0.1) is 12.6 Å². The monoisotopic (exact) mass is 385 g/mol. The van der Waals surface area contributed by atoms with E-state index in [-0.39, 0.29) is 17.7 Å². The maximum Gasteiger partial charge on any atom is 0.251 e. The van der Waals surface area contributed by atoms with Gasteiger partial charge in [-0.05, 0) is 55.5 Å². The van der Waals surface area contributed by atoms with Crippen LogP contribution in [0.15, 0.2) is 48.5 Å². The molecule has 2 unspecified atom stereocenters. The summed E-state index contributed by atoms with van der Waals surface area (Å²) in [6.45, 7) is 5.17. The molecule has 0 aromatic heterocycles. The Morgan fingerprint density at radius 3 is 2.15 bits per heavy atom. The summed E-state index contributed by atoms with van der Waals surface area (Å²) in [7, 11) is 0. The van der Waals surface area contributed by atoms with Crippen LogP contribution in [0.25, 0.3) is 0 Å². The molecular formula is C20H23N3O3S. The SMILES string of the molecule is CC1C(=O)N(c2ccc(O)cc2)C(S)N1c1ccc(N2CCOCC2)cc1. The molecule has 7 heteroatoms. The zero-order chi connectivity index (χ0) is 19.0. The van der Waals surface area contributed by atoms with E-state index in [9.17, 15) is 9.90 Å². The first kappa shape index (κ1) is 18.0. The summed E-state index contributed by atoms with van der Waals surface area (Å²) in [6.07, 6.45) is 0. The van der Waals surface area contributed by atoms with Gasteiger partial charge in [0.05, 0.1) is 13.2 Å². The van der Waals surface area contributed by atoms with Crippen LogP contribution >= 0.6 is 12.6 Å². The lowest BCUT2D eigenvalue weighted by molar-refractivity contribution is -0.117. The maximum absolute atomic E-state index is 12.8. The number of phenols is 1. The number of phenolic OH excluding ortho intramolecular Hbond substituents is 1. The van der Waals surface area contributed by atoms with Gasteiger partial charge in [-0.3, -0.25) is 9.69 Å². The Morgan fingerprint density at radius 2 is 1.52 bits per heavy atom. The number of morpholine rings is 1. The van der Waals surface area contributed by atoms with Crippen molar-refractivity contribution >= 4 is 35.6 Å². The number of nitrogens with zero attached hydrogens (tertiary/aromatic N) is 3. The minimum atomic E-state index is -0.411. The highest BCUT2D eigenvalue weighted by atomic mass is 32.1. The van der Waals surface area contributed by atoms with E-state index >= 15 is 0 Å². The number of thiol groups is 1. The highest BCUT2D eigenvalue weighted by Gasteiger charge is 2.42. The van der Waals surface area contributed by atoms with Crippen molar-refractivity contribution in [2.24, 2.45) is 0 Å². The minimum Gasteiger partial charge on any atom is -0.508 e. The molecule has 2 heterocycles. The molecule has 2 fully saturated rings. The summed E-state index contributed by atoms with van der Waals surface area (Å²) in [5, 5.41) is 9.50. The van der Waals surface area contributed by atoms with Crippen LogP contribution in [-0.4, -0.2) is 48.9 Å². The number of hydrogen-bond acceptors (Lipinski definition) is 6. The molecule has 6 nitrogen and oxygen atoms in total. The van der Waals surface area contributed by atoms with E-state index in [0.717, 1.165) is 43.4 Å². The molecule has 2 aromatic carbocycles. The predicted octanol–water partition coefficient (Wildman–Crippen LogP) is 2.68. The Morgan fingerprint density at radius 1 is 0.963 bits per heavy atom. The lowest BCUT2D eigenvalue weighted by atomic mass is 10.2. The van der Waals surface area contributed by atoms with Crippen molar-refractivity contribution in [3.63, 3.8) is 0 Å². The zero-order valence-electron chi connectivity index (χ0n) is 15.2. The Bertz CT molecular complexity index is 806. The summed E-state index contributed by atoms with van der Waals surface area (Å²) >= 11 is 4.72. The first-order valence-electron chi connectivity index (χ1n) is 9.07. The first-order chi connectivity index (χ1) is 13.1. The fraction of sp³-hybridized carbons (Fsp3) is 0.350. The number of carbonyl (C=O) groups excluding carboxylic acids is 1. The van der Waals surface area contributed by atoms with Crippen LogP contribution in [0, 0.1) is 0 Å². The van der Waals surface area contributed by atoms with E-state index in [1.807, 2.05) is 24.0 Å². The van der Waals surface area contributed by atoms with Crippen LogP contribution in [0.3, 0.4) is 0 Å². The molecule has 4 rings (SSSR count). The zero-order valence-corrected chi connectivity index (χ0v) is 16.0. The van der Waals surface area contributed by atoms with E-state index in [0.29, 0.717) is 0 Å². The fourth-order valence-electron chi connectivity index (χ4n) is 3.65. The number of hydrogen-bond donors (Lipinski definition) is 2. The fourth-order valence-corrected chi connectivity index (χ4v) is 4.23. The van der Waals surface area contributed by atoms with Gasteiger partial charge < -0.3 is 19.6 Å². The number of ether oxygens (including phenoxy) is 1. The Hall–Kier alpha value is -2.38. The normalized spacial score (nSPS) is 23.2. The van der Waals surface area contributed by atoms with Gasteiger partial charge in [0, 0.05) is 30.2 Å². The molecule has 27 heavy (non-hydrogen) atoms. The molecule has 1 amide bonds. The van der Waals surface area contributed by atoms with Gasteiger partial charge in [0.25, 0.3) is 5.91 Å². The van der Waals surface area contributed by atoms with E-state index in [4.69, 9.17) is 17.4 Å². The Kier molecular flexibility index (Phi) is 4.88. The number of aromatic hydroxyl groups is 1. The van der Waals surface area contributed by atoms with Gasteiger partial charge in [-0.2, -0.15) is 0 Å². The number of anilines is 3. The smallest absolute Gasteiger partial charge is 0.251 e. The molecule has 2 atom stereocenters. The summed E-state index contributed by atoms with van der Waals surface area (Å²) in [5.41, 5.74) is 2.42. The van der Waals surface area contributed by atoms with Crippen LogP contribution < -0.4 is 14.7 Å². The van der Waals surface area contributed by atoms with E-state index in [1.165, 1.54) is 0 Å². The molecule has 2 saturated heterocycles. The molecule has 0 aliphatic carbocycles. The highest BCUT2D eigenvalue weighted by molar-refractivity contribution is 7.81. The van der Waals surface area contributed by atoms with Crippen molar-refractivity contribution in [2.75, 3.05) is 41.0 Å². The van der Waals surface area contributed by atoms with E-state index < -0.39 is 5.50 Å². The Balaban J connectivity index is 1.57. The van der Waals surface area contributed by atoms with Crippen LogP contribution in [0.1, 0.15) is 6.92 Å².